The van der Waals surface area contributed by atoms with Crippen molar-refractivity contribution in [3.63, 3.8) is 0 Å². The molecule has 2 aliphatic rings. The highest BCUT2D eigenvalue weighted by Gasteiger charge is 2.44. The third kappa shape index (κ3) is 3.57. The van der Waals surface area contributed by atoms with Crippen molar-refractivity contribution in [3.05, 3.63) is 0 Å². The summed E-state index contributed by atoms with van der Waals surface area (Å²) in [6.07, 6.45) is 6.09. The van der Waals surface area contributed by atoms with Gasteiger partial charge in [-0.3, -0.25) is 9.59 Å². The summed E-state index contributed by atoms with van der Waals surface area (Å²) in [6.45, 7) is 2.69. The van der Waals surface area contributed by atoms with Gasteiger partial charge in [0, 0.05) is 6.54 Å². The molecule has 4 atom stereocenters. The molecule has 1 heterocycles. The molecule has 0 radical (unpaired) electrons. The van der Waals surface area contributed by atoms with E-state index in [2.05, 4.69) is 6.92 Å². The first-order valence-corrected chi connectivity index (χ1v) is 8.22. The summed E-state index contributed by atoms with van der Waals surface area (Å²) in [6, 6.07) is -0.130. The number of carboxylic acids is 1. The van der Waals surface area contributed by atoms with Crippen LogP contribution in [0.3, 0.4) is 0 Å². The Labute approximate surface area is 126 Å². The highest BCUT2D eigenvalue weighted by Crippen LogP contribution is 2.40. The smallest absolute Gasteiger partial charge is 0.307 e. The number of likely N-dealkylation sites (tertiary alicyclic amines) is 1. The fourth-order valence-corrected chi connectivity index (χ4v) is 3.89. The first kappa shape index (κ1) is 16.3. The number of hydrogen-bond acceptors (Lipinski definition) is 3. The van der Waals surface area contributed by atoms with Gasteiger partial charge in [-0.15, -0.1) is 0 Å². The number of rotatable bonds is 4. The summed E-state index contributed by atoms with van der Waals surface area (Å²) in [5, 5.41) is 18.9. The molecular weight excluding hydrogens is 270 g/mol. The zero-order valence-corrected chi connectivity index (χ0v) is 12.8. The van der Waals surface area contributed by atoms with Gasteiger partial charge in [0.2, 0.25) is 5.91 Å². The third-order valence-corrected chi connectivity index (χ3v) is 5.24. The van der Waals surface area contributed by atoms with Crippen LogP contribution in [0.5, 0.6) is 0 Å². The largest absolute Gasteiger partial charge is 0.481 e. The highest BCUT2D eigenvalue weighted by molar-refractivity contribution is 5.85. The average molecular weight is 297 g/mol. The van der Waals surface area contributed by atoms with E-state index in [0.29, 0.717) is 25.3 Å². The molecule has 5 nitrogen and oxygen atoms in total. The van der Waals surface area contributed by atoms with Crippen molar-refractivity contribution >= 4 is 11.9 Å². The minimum Gasteiger partial charge on any atom is -0.481 e. The Morgan fingerprint density at radius 2 is 1.86 bits per heavy atom. The predicted octanol–water partition coefficient (Wildman–Crippen LogP) is 1.89. The number of aliphatic hydroxyl groups excluding tert-OH is 1. The maximum atomic E-state index is 12.9. The first-order chi connectivity index (χ1) is 10.1. The first-order valence-electron chi connectivity index (χ1n) is 8.22. The average Bonchev–Trinajstić information content (AvgIpc) is 2.78. The Morgan fingerprint density at radius 1 is 1.14 bits per heavy atom. The lowest BCUT2D eigenvalue weighted by Gasteiger charge is -2.32. The number of carbonyl (C=O) groups is 2. The van der Waals surface area contributed by atoms with Crippen LogP contribution in [0.1, 0.15) is 51.9 Å². The number of aliphatic hydroxyl groups is 1. The molecule has 21 heavy (non-hydrogen) atoms. The van der Waals surface area contributed by atoms with Crippen LogP contribution in [0.2, 0.25) is 0 Å². The van der Waals surface area contributed by atoms with Crippen LogP contribution in [0.15, 0.2) is 0 Å². The summed E-state index contributed by atoms with van der Waals surface area (Å²) in [5.41, 5.74) is 0. The molecule has 2 unspecified atom stereocenters. The monoisotopic (exact) mass is 297 g/mol. The molecular formula is C16H27NO4. The van der Waals surface area contributed by atoms with Crippen molar-refractivity contribution in [2.45, 2.75) is 57.9 Å². The second kappa shape index (κ2) is 7.25. The maximum absolute atomic E-state index is 12.9. The minimum atomic E-state index is -0.848. The molecule has 1 saturated carbocycles. The molecule has 1 aliphatic carbocycles. The van der Waals surface area contributed by atoms with Crippen LogP contribution in [0.4, 0.5) is 0 Å². The highest BCUT2D eigenvalue weighted by atomic mass is 16.4. The summed E-state index contributed by atoms with van der Waals surface area (Å²) < 4.78 is 0. The van der Waals surface area contributed by atoms with E-state index in [4.69, 9.17) is 0 Å². The van der Waals surface area contributed by atoms with E-state index in [1.165, 1.54) is 0 Å². The number of aliphatic carboxylic acids is 1. The number of carboxylic acid groups (broad SMARTS) is 1. The summed E-state index contributed by atoms with van der Waals surface area (Å²) in [5.74, 6) is -1.51. The summed E-state index contributed by atoms with van der Waals surface area (Å²) >= 11 is 0. The van der Waals surface area contributed by atoms with Crippen molar-refractivity contribution in [2.75, 3.05) is 13.2 Å². The molecule has 120 valence electrons. The van der Waals surface area contributed by atoms with Gasteiger partial charge in [0.25, 0.3) is 0 Å². The lowest BCUT2D eigenvalue weighted by molar-refractivity contribution is -0.150. The van der Waals surface area contributed by atoms with Crippen molar-refractivity contribution in [2.24, 2.45) is 17.8 Å². The van der Waals surface area contributed by atoms with Crippen LogP contribution in [0, 0.1) is 17.8 Å². The molecule has 2 fully saturated rings. The van der Waals surface area contributed by atoms with Crippen molar-refractivity contribution in [1.29, 1.82) is 0 Å². The fraction of sp³-hybridized carbons (Fsp3) is 0.875. The van der Waals surface area contributed by atoms with E-state index in [0.717, 1.165) is 32.1 Å². The molecule has 5 heteroatoms. The predicted molar refractivity (Wildman–Crippen MR) is 78.7 cm³/mol. The van der Waals surface area contributed by atoms with Crippen LogP contribution in [-0.2, 0) is 9.59 Å². The van der Waals surface area contributed by atoms with E-state index < -0.39 is 17.8 Å². The Morgan fingerprint density at radius 3 is 2.48 bits per heavy atom. The van der Waals surface area contributed by atoms with Gasteiger partial charge in [-0.1, -0.05) is 26.2 Å². The van der Waals surface area contributed by atoms with Crippen LogP contribution in [0.25, 0.3) is 0 Å². The Balaban J connectivity index is 2.13. The second-order valence-electron chi connectivity index (χ2n) is 6.51. The molecule has 1 aliphatic heterocycles. The van der Waals surface area contributed by atoms with Crippen LogP contribution < -0.4 is 0 Å². The molecule has 1 saturated heterocycles. The van der Waals surface area contributed by atoms with Gasteiger partial charge < -0.3 is 15.1 Å². The molecule has 0 spiro atoms. The quantitative estimate of drug-likeness (QED) is 0.830. The van der Waals surface area contributed by atoms with Crippen molar-refractivity contribution in [1.82, 2.24) is 4.90 Å². The summed E-state index contributed by atoms with van der Waals surface area (Å²) in [4.78, 5) is 26.1. The van der Waals surface area contributed by atoms with Gasteiger partial charge in [0.05, 0.1) is 24.5 Å². The summed E-state index contributed by atoms with van der Waals surface area (Å²) in [7, 11) is 0. The van der Waals surface area contributed by atoms with E-state index in [9.17, 15) is 19.8 Å². The van der Waals surface area contributed by atoms with E-state index in [-0.39, 0.29) is 18.6 Å². The molecule has 0 aromatic carbocycles. The lowest BCUT2D eigenvalue weighted by Crippen LogP contribution is -2.46. The SMILES string of the molecule is CCC1C[C@H](C(=O)N2CCCCCC2CO)[C@H](C(=O)O)C1. The maximum Gasteiger partial charge on any atom is 0.307 e. The van der Waals surface area contributed by atoms with Crippen molar-refractivity contribution < 1.29 is 19.8 Å². The molecule has 1 amide bonds. The minimum absolute atomic E-state index is 0.0204. The van der Waals surface area contributed by atoms with Crippen LogP contribution in [-0.4, -0.2) is 46.2 Å². The number of carbonyl (C=O) groups excluding carboxylic acids is 1. The Hall–Kier alpha value is -1.10. The van der Waals surface area contributed by atoms with Gasteiger partial charge in [0.1, 0.15) is 0 Å². The van der Waals surface area contributed by atoms with E-state index >= 15 is 0 Å². The molecule has 0 bridgehead atoms. The lowest BCUT2D eigenvalue weighted by atomic mass is 9.94. The van der Waals surface area contributed by atoms with Crippen molar-refractivity contribution in [3.8, 4) is 0 Å². The van der Waals surface area contributed by atoms with Gasteiger partial charge in [0.15, 0.2) is 0 Å². The van der Waals surface area contributed by atoms with Gasteiger partial charge in [-0.2, -0.15) is 0 Å². The zero-order valence-electron chi connectivity index (χ0n) is 12.8. The molecule has 0 aromatic heterocycles. The normalized spacial score (nSPS) is 33.7. The Bertz CT molecular complexity index is 384. The molecule has 2 rings (SSSR count). The molecule has 0 aromatic rings. The topological polar surface area (TPSA) is 77.8 Å². The van der Waals surface area contributed by atoms with E-state index in [1.807, 2.05) is 0 Å². The fourth-order valence-electron chi connectivity index (χ4n) is 3.89. The number of hydrogen-bond donors (Lipinski definition) is 2. The van der Waals surface area contributed by atoms with Gasteiger partial charge in [-0.25, -0.2) is 0 Å². The van der Waals surface area contributed by atoms with Gasteiger partial charge in [-0.05, 0) is 31.6 Å². The number of nitrogens with zero attached hydrogens (tertiary/aromatic N) is 1. The standard InChI is InChI=1S/C16H27NO4/c1-2-11-8-13(14(9-11)16(20)21)15(19)17-7-5-3-4-6-12(17)10-18/h11-14,18H,2-10H2,1H3,(H,20,21)/t11?,12?,13-,14+/m0/s1. The zero-order chi connectivity index (χ0) is 15.4. The number of amides is 1. The van der Waals surface area contributed by atoms with E-state index in [1.54, 1.807) is 4.90 Å². The second-order valence-corrected chi connectivity index (χ2v) is 6.51. The third-order valence-electron chi connectivity index (χ3n) is 5.24. The van der Waals surface area contributed by atoms with Gasteiger partial charge >= 0.3 is 5.97 Å². The Kier molecular flexibility index (Phi) is 5.62. The van der Waals surface area contributed by atoms with Crippen LogP contribution >= 0.6 is 0 Å². The molecule has 2 N–H and O–H groups in total.